The summed E-state index contributed by atoms with van der Waals surface area (Å²) in [6.45, 7) is 4.93. The Balaban J connectivity index is 1.83. The van der Waals surface area contributed by atoms with Gasteiger partial charge in [-0.15, -0.1) is 0 Å². The summed E-state index contributed by atoms with van der Waals surface area (Å²) in [6, 6.07) is 4.93. The standard InChI is InChI=1S/C18H26N4O3/c1-13(19)15-5-4-10-21(12-15)18(23)14-6-7-16(17(11-14)22(24)25)20-8-2-3-9-20/h6-7,11,13,15H,2-5,8-10,12,19H2,1H3. The second kappa shape index (κ2) is 7.39. The van der Waals surface area contributed by atoms with Gasteiger partial charge in [-0.3, -0.25) is 14.9 Å². The fraction of sp³-hybridized carbons (Fsp3) is 0.611. The first-order chi connectivity index (χ1) is 12.0. The maximum atomic E-state index is 12.8. The molecule has 7 heteroatoms. The van der Waals surface area contributed by atoms with E-state index in [1.807, 2.05) is 11.8 Å². The summed E-state index contributed by atoms with van der Waals surface area (Å²) in [5.74, 6) is 0.151. The molecule has 0 bridgehead atoms. The fourth-order valence-corrected chi connectivity index (χ4v) is 3.83. The number of benzene rings is 1. The SMILES string of the molecule is CC(N)C1CCCN(C(=O)c2ccc(N3CCCC3)c([N+](=O)[O-])c2)C1. The van der Waals surface area contributed by atoms with Gasteiger partial charge < -0.3 is 15.5 Å². The Morgan fingerprint density at radius 1 is 1.28 bits per heavy atom. The average Bonchev–Trinajstić information content (AvgIpc) is 3.15. The van der Waals surface area contributed by atoms with Gasteiger partial charge in [-0.2, -0.15) is 0 Å². The van der Waals surface area contributed by atoms with Gasteiger partial charge >= 0.3 is 0 Å². The van der Waals surface area contributed by atoms with Crippen molar-refractivity contribution in [3.05, 3.63) is 33.9 Å². The second-order valence-electron chi connectivity index (χ2n) is 7.17. The zero-order chi connectivity index (χ0) is 18.0. The molecule has 1 amide bonds. The summed E-state index contributed by atoms with van der Waals surface area (Å²) in [6.07, 6.45) is 4.04. The molecule has 2 heterocycles. The lowest BCUT2D eigenvalue weighted by Crippen LogP contribution is -2.45. The zero-order valence-electron chi connectivity index (χ0n) is 14.7. The van der Waals surface area contributed by atoms with Crippen molar-refractivity contribution in [2.24, 2.45) is 11.7 Å². The number of carbonyl (C=O) groups is 1. The molecule has 2 saturated heterocycles. The van der Waals surface area contributed by atoms with E-state index in [4.69, 9.17) is 5.73 Å². The van der Waals surface area contributed by atoms with Crippen LogP contribution in [0.3, 0.4) is 0 Å². The summed E-state index contributed by atoms with van der Waals surface area (Å²) in [7, 11) is 0. The van der Waals surface area contributed by atoms with Gasteiger partial charge in [0.05, 0.1) is 4.92 Å². The first kappa shape index (κ1) is 17.7. The molecule has 2 atom stereocenters. The second-order valence-corrected chi connectivity index (χ2v) is 7.17. The molecule has 25 heavy (non-hydrogen) atoms. The van der Waals surface area contributed by atoms with Crippen LogP contribution in [0.2, 0.25) is 0 Å². The van der Waals surface area contributed by atoms with Crippen molar-refractivity contribution in [2.75, 3.05) is 31.1 Å². The van der Waals surface area contributed by atoms with E-state index in [9.17, 15) is 14.9 Å². The van der Waals surface area contributed by atoms with Crippen LogP contribution in [-0.4, -0.2) is 48.0 Å². The van der Waals surface area contributed by atoms with E-state index in [0.29, 0.717) is 24.3 Å². The minimum atomic E-state index is -0.384. The Morgan fingerprint density at radius 3 is 2.64 bits per heavy atom. The van der Waals surface area contributed by atoms with Crippen molar-refractivity contribution in [1.82, 2.24) is 4.90 Å². The molecule has 2 aliphatic heterocycles. The molecule has 2 unspecified atom stereocenters. The van der Waals surface area contributed by atoms with Crippen molar-refractivity contribution in [3.63, 3.8) is 0 Å². The van der Waals surface area contributed by atoms with Crippen LogP contribution in [0.4, 0.5) is 11.4 Å². The Labute approximate surface area is 147 Å². The van der Waals surface area contributed by atoms with Crippen LogP contribution in [0.25, 0.3) is 0 Å². The number of anilines is 1. The number of hydrogen-bond acceptors (Lipinski definition) is 5. The molecule has 2 aliphatic rings. The monoisotopic (exact) mass is 346 g/mol. The molecule has 0 saturated carbocycles. The van der Waals surface area contributed by atoms with Crippen LogP contribution in [0.5, 0.6) is 0 Å². The highest BCUT2D eigenvalue weighted by Gasteiger charge is 2.29. The minimum absolute atomic E-state index is 0.0218. The van der Waals surface area contributed by atoms with E-state index in [1.54, 1.807) is 17.0 Å². The molecule has 1 aromatic carbocycles. The molecule has 0 radical (unpaired) electrons. The predicted molar refractivity (Wildman–Crippen MR) is 96.8 cm³/mol. The number of nitro benzene ring substituents is 1. The molecule has 2 N–H and O–H groups in total. The van der Waals surface area contributed by atoms with Gasteiger partial charge in [0.15, 0.2) is 0 Å². The Hall–Kier alpha value is -2.15. The highest BCUT2D eigenvalue weighted by atomic mass is 16.6. The van der Waals surface area contributed by atoms with E-state index in [1.165, 1.54) is 6.07 Å². The van der Waals surface area contributed by atoms with Gasteiger partial charge in [0, 0.05) is 43.9 Å². The van der Waals surface area contributed by atoms with Crippen LogP contribution in [-0.2, 0) is 0 Å². The number of nitro groups is 1. The number of amides is 1. The topological polar surface area (TPSA) is 92.7 Å². The Bertz CT molecular complexity index is 656. The number of hydrogen-bond donors (Lipinski definition) is 1. The lowest BCUT2D eigenvalue weighted by Gasteiger charge is -2.34. The van der Waals surface area contributed by atoms with Crippen molar-refractivity contribution >= 4 is 17.3 Å². The van der Waals surface area contributed by atoms with Gasteiger partial charge in [0.25, 0.3) is 11.6 Å². The number of rotatable bonds is 4. The number of nitrogens with two attached hydrogens (primary N) is 1. The lowest BCUT2D eigenvalue weighted by atomic mass is 9.92. The molecule has 136 valence electrons. The maximum absolute atomic E-state index is 12.8. The Kier molecular flexibility index (Phi) is 5.22. The van der Waals surface area contributed by atoms with Crippen LogP contribution >= 0.6 is 0 Å². The smallest absolute Gasteiger partial charge is 0.293 e. The largest absolute Gasteiger partial charge is 0.366 e. The molecule has 3 rings (SSSR count). The first-order valence-corrected chi connectivity index (χ1v) is 9.05. The number of piperidine rings is 1. The number of likely N-dealkylation sites (tertiary alicyclic amines) is 1. The normalized spacial score (nSPS) is 22.1. The molecule has 2 fully saturated rings. The van der Waals surface area contributed by atoms with Gasteiger partial charge in [-0.05, 0) is 50.7 Å². The molecule has 1 aromatic rings. The minimum Gasteiger partial charge on any atom is -0.366 e. The van der Waals surface area contributed by atoms with E-state index in [2.05, 4.69) is 0 Å². The maximum Gasteiger partial charge on any atom is 0.293 e. The number of nitrogens with zero attached hydrogens (tertiary/aromatic N) is 3. The summed E-state index contributed by atoms with van der Waals surface area (Å²) in [5, 5.41) is 11.5. The quantitative estimate of drug-likeness (QED) is 0.667. The molecule has 0 aliphatic carbocycles. The first-order valence-electron chi connectivity index (χ1n) is 9.05. The average molecular weight is 346 g/mol. The van der Waals surface area contributed by atoms with Crippen molar-refractivity contribution in [1.29, 1.82) is 0 Å². The van der Waals surface area contributed by atoms with E-state index < -0.39 is 0 Å². The van der Waals surface area contributed by atoms with E-state index in [0.717, 1.165) is 38.8 Å². The van der Waals surface area contributed by atoms with Crippen LogP contribution < -0.4 is 10.6 Å². The van der Waals surface area contributed by atoms with Crippen molar-refractivity contribution in [3.8, 4) is 0 Å². The van der Waals surface area contributed by atoms with Crippen molar-refractivity contribution in [2.45, 2.75) is 38.6 Å². The van der Waals surface area contributed by atoms with Gasteiger partial charge in [-0.25, -0.2) is 0 Å². The highest BCUT2D eigenvalue weighted by molar-refractivity contribution is 5.96. The summed E-state index contributed by atoms with van der Waals surface area (Å²) in [5.41, 5.74) is 7.02. The zero-order valence-corrected chi connectivity index (χ0v) is 14.7. The fourth-order valence-electron chi connectivity index (χ4n) is 3.83. The third kappa shape index (κ3) is 3.76. The van der Waals surface area contributed by atoms with Gasteiger partial charge in [-0.1, -0.05) is 0 Å². The summed E-state index contributed by atoms with van der Waals surface area (Å²) >= 11 is 0. The van der Waals surface area contributed by atoms with Crippen LogP contribution in [0.1, 0.15) is 43.0 Å². The molecular weight excluding hydrogens is 320 g/mol. The van der Waals surface area contributed by atoms with Gasteiger partial charge in [0.1, 0.15) is 5.69 Å². The summed E-state index contributed by atoms with van der Waals surface area (Å²) < 4.78 is 0. The third-order valence-corrected chi connectivity index (χ3v) is 5.35. The van der Waals surface area contributed by atoms with Crippen LogP contribution in [0.15, 0.2) is 18.2 Å². The van der Waals surface area contributed by atoms with E-state index in [-0.39, 0.29) is 28.5 Å². The lowest BCUT2D eigenvalue weighted by molar-refractivity contribution is -0.384. The Morgan fingerprint density at radius 2 is 2.00 bits per heavy atom. The third-order valence-electron chi connectivity index (χ3n) is 5.35. The predicted octanol–water partition coefficient (Wildman–Crippen LogP) is 2.39. The molecule has 7 nitrogen and oxygen atoms in total. The molecular formula is C18H26N4O3. The summed E-state index contributed by atoms with van der Waals surface area (Å²) in [4.78, 5) is 27.8. The highest BCUT2D eigenvalue weighted by Crippen LogP contribution is 2.32. The van der Waals surface area contributed by atoms with Gasteiger partial charge in [0.2, 0.25) is 0 Å². The molecule has 0 spiro atoms. The van der Waals surface area contributed by atoms with Crippen LogP contribution in [0, 0.1) is 16.0 Å². The van der Waals surface area contributed by atoms with Crippen molar-refractivity contribution < 1.29 is 9.72 Å². The molecule has 0 aromatic heterocycles. The number of carbonyl (C=O) groups excluding carboxylic acids is 1. The van der Waals surface area contributed by atoms with E-state index >= 15 is 0 Å².